The molecule has 0 saturated carbocycles. The van der Waals surface area contributed by atoms with Crippen molar-refractivity contribution in [2.75, 3.05) is 18.8 Å². The second kappa shape index (κ2) is 6.06. The third kappa shape index (κ3) is 3.70. The lowest BCUT2D eigenvalue weighted by atomic mass is 9.98. The molecule has 0 atom stereocenters. The summed E-state index contributed by atoms with van der Waals surface area (Å²) in [4.78, 5) is 14.0. The number of carbonyl (C=O) groups is 1. The zero-order valence-corrected chi connectivity index (χ0v) is 11.8. The van der Waals surface area contributed by atoms with Crippen LogP contribution < -0.4 is 11.1 Å². The van der Waals surface area contributed by atoms with Gasteiger partial charge in [0.25, 0.3) is 0 Å². The minimum absolute atomic E-state index is 0.133. The summed E-state index contributed by atoms with van der Waals surface area (Å²) in [7, 11) is 0. The van der Waals surface area contributed by atoms with Crippen molar-refractivity contribution < 1.29 is 4.79 Å². The van der Waals surface area contributed by atoms with Gasteiger partial charge in [-0.1, -0.05) is 12.1 Å². The third-order valence-electron chi connectivity index (χ3n) is 3.49. The maximum atomic E-state index is 11.6. The number of hydrogen-bond donors (Lipinski definition) is 2. The van der Waals surface area contributed by atoms with Crippen molar-refractivity contribution in [2.24, 2.45) is 0 Å². The first-order chi connectivity index (χ1) is 9.06. The van der Waals surface area contributed by atoms with Crippen LogP contribution in [0.1, 0.15) is 31.4 Å². The molecule has 1 aromatic carbocycles. The van der Waals surface area contributed by atoms with Crippen LogP contribution in [0.5, 0.6) is 0 Å². The van der Waals surface area contributed by atoms with Crippen molar-refractivity contribution in [1.82, 2.24) is 10.2 Å². The van der Waals surface area contributed by atoms with Gasteiger partial charge in [-0.3, -0.25) is 9.69 Å². The molecule has 1 aliphatic heterocycles. The number of nitrogen functional groups attached to an aromatic ring is 1. The largest absolute Gasteiger partial charge is 0.398 e. The predicted molar refractivity (Wildman–Crippen MR) is 77.7 cm³/mol. The molecule has 0 spiro atoms. The van der Waals surface area contributed by atoms with E-state index >= 15 is 0 Å². The van der Waals surface area contributed by atoms with Crippen LogP contribution >= 0.6 is 0 Å². The standard InChI is InChI=1S/C15H23N3O/c1-11(2)17-15(19)7-9-18-8-6-13-12(10-18)4-3-5-14(13)16/h3-5,11H,6-10,16H2,1-2H3,(H,17,19). The Morgan fingerprint density at radius 3 is 3.00 bits per heavy atom. The van der Waals surface area contributed by atoms with E-state index in [2.05, 4.69) is 16.3 Å². The van der Waals surface area contributed by atoms with Crippen molar-refractivity contribution >= 4 is 11.6 Å². The van der Waals surface area contributed by atoms with Crippen molar-refractivity contribution in [3.05, 3.63) is 29.3 Å². The fraction of sp³-hybridized carbons (Fsp3) is 0.533. The summed E-state index contributed by atoms with van der Waals surface area (Å²) in [6.45, 7) is 6.66. The molecule has 0 fully saturated rings. The second-order valence-corrected chi connectivity index (χ2v) is 5.48. The molecular formula is C15H23N3O. The Balaban J connectivity index is 1.87. The van der Waals surface area contributed by atoms with Gasteiger partial charge in [0, 0.05) is 37.8 Å². The van der Waals surface area contributed by atoms with E-state index in [4.69, 9.17) is 5.73 Å². The Morgan fingerprint density at radius 1 is 1.47 bits per heavy atom. The zero-order valence-electron chi connectivity index (χ0n) is 11.8. The minimum Gasteiger partial charge on any atom is -0.398 e. The molecular weight excluding hydrogens is 238 g/mol. The number of nitrogens with zero attached hydrogens (tertiary/aromatic N) is 1. The number of fused-ring (bicyclic) bond motifs is 1. The highest BCUT2D eigenvalue weighted by atomic mass is 16.1. The molecule has 4 nitrogen and oxygen atoms in total. The van der Waals surface area contributed by atoms with E-state index in [1.165, 1.54) is 11.1 Å². The highest BCUT2D eigenvalue weighted by molar-refractivity contribution is 5.76. The smallest absolute Gasteiger partial charge is 0.221 e. The van der Waals surface area contributed by atoms with Crippen LogP contribution in [-0.2, 0) is 17.8 Å². The van der Waals surface area contributed by atoms with E-state index in [1.807, 2.05) is 26.0 Å². The highest BCUT2D eigenvalue weighted by Crippen LogP contribution is 2.23. The second-order valence-electron chi connectivity index (χ2n) is 5.48. The molecule has 0 aromatic heterocycles. The number of amides is 1. The van der Waals surface area contributed by atoms with E-state index in [9.17, 15) is 4.79 Å². The van der Waals surface area contributed by atoms with Crippen molar-refractivity contribution in [1.29, 1.82) is 0 Å². The number of nitrogens with two attached hydrogens (primary N) is 1. The molecule has 0 bridgehead atoms. The quantitative estimate of drug-likeness (QED) is 0.808. The summed E-state index contributed by atoms with van der Waals surface area (Å²) < 4.78 is 0. The van der Waals surface area contributed by atoms with E-state index in [1.54, 1.807) is 0 Å². The first kappa shape index (κ1) is 13.9. The third-order valence-corrected chi connectivity index (χ3v) is 3.49. The zero-order chi connectivity index (χ0) is 13.8. The molecule has 3 N–H and O–H groups in total. The lowest BCUT2D eigenvalue weighted by molar-refractivity contribution is -0.121. The van der Waals surface area contributed by atoms with Crippen LogP contribution in [0.4, 0.5) is 5.69 Å². The van der Waals surface area contributed by atoms with Gasteiger partial charge in [-0.15, -0.1) is 0 Å². The van der Waals surface area contributed by atoms with Crippen molar-refractivity contribution in [3.8, 4) is 0 Å². The average Bonchev–Trinajstić information content (AvgIpc) is 2.36. The fourth-order valence-electron chi connectivity index (χ4n) is 2.54. The molecule has 0 saturated heterocycles. The normalized spacial score (nSPS) is 15.3. The summed E-state index contributed by atoms with van der Waals surface area (Å²) in [6.07, 6.45) is 1.55. The number of anilines is 1. The average molecular weight is 261 g/mol. The van der Waals surface area contributed by atoms with Crippen LogP contribution in [0, 0.1) is 0 Å². The number of benzene rings is 1. The molecule has 4 heteroatoms. The van der Waals surface area contributed by atoms with Crippen LogP contribution in [-0.4, -0.2) is 29.9 Å². The van der Waals surface area contributed by atoms with Gasteiger partial charge in [0.2, 0.25) is 5.91 Å². The van der Waals surface area contributed by atoms with Crippen LogP contribution in [0.3, 0.4) is 0 Å². The van der Waals surface area contributed by atoms with Gasteiger partial charge < -0.3 is 11.1 Å². The predicted octanol–water partition coefficient (Wildman–Crippen LogP) is 1.54. The monoisotopic (exact) mass is 261 g/mol. The number of rotatable bonds is 4. The molecule has 0 radical (unpaired) electrons. The molecule has 0 aliphatic carbocycles. The maximum absolute atomic E-state index is 11.6. The number of carbonyl (C=O) groups excluding carboxylic acids is 1. The Morgan fingerprint density at radius 2 is 2.26 bits per heavy atom. The number of nitrogens with one attached hydrogen (secondary N) is 1. The highest BCUT2D eigenvalue weighted by Gasteiger charge is 2.18. The SMILES string of the molecule is CC(C)NC(=O)CCN1CCc2c(N)cccc2C1. The van der Waals surface area contributed by atoms with Gasteiger partial charge in [0.15, 0.2) is 0 Å². The molecule has 2 rings (SSSR count). The molecule has 1 amide bonds. The van der Waals surface area contributed by atoms with E-state index in [0.29, 0.717) is 6.42 Å². The van der Waals surface area contributed by atoms with Gasteiger partial charge in [-0.05, 0) is 37.5 Å². The van der Waals surface area contributed by atoms with Gasteiger partial charge >= 0.3 is 0 Å². The van der Waals surface area contributed by atoms with Gasteiger partial charge in [0.05, 0.1) is 0 Å². The first-order valence-corrected chi connectivity index (χ1v) is 6.94. The lowest BCUT2D eigenvalue weighted by Gasteiger charge is -2.29. The van der Waals surface area contributed by atoms with Crippen molar-refractivity contribution in [3.63, 3.8) is 0 Å². The Bertz CT molecular complexity index is 457. The fourth-order valence-corrected chi connectivity index (χ4v) is 2.54. The topological polar surface area (TPSA) is 58.4 Å². The van der Waals surface area contributed by atoms with E-state index in [-0.39, 0.29) is 11.9 Å². The van der Waals surface area contributed by atoms with E-state index < -0.39 is 0 Å². The summed E-state index contributed by atoms with van der Waals surface area (Å²) in [5.41, 5.74) is 9.46. The minimum atomic E-state index is 0.133. The van der Waals surface area contributed by atoms with Gasteiger partial charge in [-0.2, -0.15) is 0 Å². The maximum Gasteiger partial charge on any atom is 0.221 e. The van der Waals surface area contributed by atoms with Crippen LogP contribution in [0.2, 0.25) is 0 Å². The molecule has 104 valence electrons. The summed E-state index contributed by atoms with van der Waals surface area (Å²) in [6, 6.07) is 6.31. The summed E-state index contributed by atoms with van der Waals surface area (Å²) >= 11 is 0. The van der Waals surface area contributed by atoms with Crippen molar-refractivity contribution in [2.45, 2.75) is 39.3 Å². The van der Waals surface area contributed by atoms with Crippen LogP contribution in [0.25, 0.3) is 0 Å². The van der Waals surface area contributed by atoms with Gasteiger partial charge in [0.1, 0.15) is 0 Å². The summed E-state index contributed by atoms with van der Waals surface area (Å²) in [5, 5.41) is 2.92. The molecule has 1 aromatic rings. The van der Waals surface area contributed by atoms with E-state index in [0.717, 1.165) is 31.7 Å². The van der Waals surface area contributed by atoms with Crippen LogP contribution in [0.15, 0.2) is 18.2 Å². The van der Waals surface area contributed by atoms with Gasteiger partial charge in [-0.25, -0.2) is 0 Å². The Hall–Kier alpha value is -1.55. The molecule has 0 unspecified atom stereocenters. The summed E-state index contributed by atoms with van der Waals surface area (Å²) in [5.74, 6) is 0.133. The molecule has 1 aliphatic rings. The number of hydrogen-bond acceptors (Lipinski definition) is 3. The Labute approximate surface area is 115 Å². The Kier molecular flexibility index (Phi) is 4.43. The molecule has 19 heavy (non-hydrogen) atoms. The molecule has 1 heterocycles. The first-order valence-electron chi connectivity index (χ1n) is 6.94. The lowest BCUT2D eigenvalue weighted by Crippen LogP contribution is -2.36.